The predicted molar refractivity (Wildman–Crippen MR) is 45.4 cm³/mol. The van der Waals surface area contributed by atoms with Crippen molar-refractivity contribution in [1.29, 1.82) is 0 Å². The van der Waals surface area contributed by atoms with Crippen LogP contribution in [-0.4, -0.2) is 37.2 Å². The minimum absolute atomic E-state index is 0.00185. The number of methoxy groups -OCH3 is 1. The van der Waals surface area contributed by atoms with Gasteiger partial charge >= 0.3 is 0 Å². The van der Waals surface area contributed by atoms with E-state index in [4.69, 9.17) is 4.74 Å². The van der Waals surface area contributed by atoms with Gasteiger partial charge in [0.25, 0.3) is 0 Å². The van der Waals surface area contributed by atoms with Crippen LogP contribution in [-0.2, 0) is 9.53 Å². The minimum atomic E-state index is -0.00185. The number of amides is 1. The number of ether oxygens (including phenoxy) is 1. The minimum Gasteiger partial charge on any atom is -0.383 e. The second-order valence-electron chi connectivity index (χ2n) is 3.11. The van der Waals surface area contributed by atoms with Crippen molar-refractivity contribution < 1.29 is 9.53 Å². The summed E-state index contributed by atoms with van der Waals surface area (Å²) >= 11 is 0. The summed E-state index contributed by atoms with van der Waals surface area (Å²) in [4.78, 5) is 10.8. The van der Waals surface area contributed by atoms with Crippen molar-refractivity contribution in [2.24, 2.45) is 0 Å². The maximum absolute atomic E-state index is 10.8. The van der Waals surface area contributed by atoms with E-state index in [2.05, 4.69) is 5.43 Å². The third-order valence-electron chi connectivity index (χ3n) is 2.04. The second-order valence-corrected chi connectivity index (χ2v) is 3.11. The first kappa shape index (κ1) is 9.48. The Morgan fingerprint density at radius 3 is 3.08 bits per heavy atom. The first-order chi connectivity index (χ1) is 5.74. The Morgan fingerprint density at radius 1 is 1.75 bits per heavy atom. The van der Waals surface area contributed by atoms with E-state index in [9.17, 15) is 4.79 Å². The smallest absolute Gasteiger partial charge is 0.231 e. The number of hydrogen-bond donors (Lipinski definition) is 1. The molecule has 0 aromatic heterocycles. The average Bonchev–Trinajstić information content (AvgIpc) is 2.37. The van der Waals surface area contributed by atoms with E-state index in [0.717, 1.165) is 19.4 Å². The number of nitrogens with zero attached hydrogens (tertiary/aromatic N) is 1. The van der Waals surface area contributed by atoms with Crippen LogP contribution < -0.4 is 5.43 Å². The van der Waals surface area contributed by atoms with Crippen LogP contribution in [0.3, 0.4) is 0 Å². The Kier molecular flexibility index (Phi) is 3.49. The topological polar surface area (TPSA) is 41.6 Å². The fourth-order valence-corrected chi connectivity index (χ4v) is 1.55. The Bertz CT molecular complexity index is 161. The summed E-state index contributed by atoms with van der Waals surface area (Å²) in [7, 11) is 1.68. The lowest BCUT2D eigenvalue weighted by molar-refractivity contribution is -0.124. The molecule has 1 atom stereocenters. The summed E-state index contributed by atoms with van der Waals surface area (Å²) in [5.74, 6) is -0.00185. The molecule has 1 aliphatic heterocycles. The van der Waals surface area contributed by atoms with Gasteiger partial charge in [-0.1, -0.05) is 0 Å². The molecule has 70 valence electrons. The molecule has 4 heteroatoms. The number of hydrazine groups is 1. The van der Waals surface area contributed by atoms with Gasteiger partial charge in [0.2, 0.25) is 5.91 Å². The molecule has 1 aliphatic rings. The maximum Gasteiger partial charge on any atom is 0.231 e. The van der Waals surface area contributed by atoms with Crippen LogP contribution in [0.15, 0.2) is 0 Å². The van der Waals surface area contributed by atoms with Gasteiger partial charge in [-0.05, 0) is 12.8 Å². The molecule has 1 fully saturated rings. The van der Waals surface area contributed by atoms with Gasteiger partial charge in [0, 0.05) is 20.6 Å². The van der Waals surface area contributed by atoms with Gasteiger partial charge in [-0.25, -0.2) is 5.01 Å². The van der Waals surface area contributed by atoms with Crippen LogP contribution in [0.1, 0.15) is 19.8 Å². The van der Waals surface area contributed by atoms with E-state index in [1.807, 2.05) is 5.01 Å². The summed E-state index contributed by atoms with van der Waals surface area (Å²) in [6.07, 6.45) is 2.24. The van der Waals surface area contributed by atoms with E-state index < -0.39 is 0 Å². The normalized spacial score (nSPS) is 24.3. The van der Waals surface area contributed by atoms with Crippen LogP contribution in [0.4, 0.5) is 0 Å². The third kappa shape index (κ3) is 2.46. The highest BCUT2D eigenvalue weighted by molar-refractivity contribution is 5.72. The van der Waals surface area contributed by atoms with Crippen molar-refractivity contribution in [2.75, 3.05) is 20.3 Å². The molecule has 1 N–H and O–H groups in total. The molecular weight excluding hydrogens is 156 g/mol. The molecule has 1 amide bonds. The lowest BCUT2D eigenvalue weighted by Crippen LogP contribution is -2.45. The van der Waals surface area contributed by atoms with Crippen molar-refractivity contribution >= 4 is 5.91 Å². The number of carbonyl (C=O) groups is 1. The molecule has 12 heavy (non-hydrogen) atoms. The number of hydrogen-bond acceptors (Lipinski definition) is 3. The molecule has 0 aromatic carbocycles. The molecule has 0 bridgehead atoms. The quantitative estimate of drug-likeness (QED) is 0.658. The third-order valence-corrected chi connectivity index (χ3v) is 2.04. The SMILES string of the molecule is COC[C@@H]1CCCN1NC(C)=O. The summed E-state index contributed by atoms with van der Waals surface area (Å²) in [6.45, 7) is 3.16. The first-order valence-corrected chi connectivity index (χ1v) is 4.27. The van der Waals surface area contributed by atoms with Gasteiger partial charge in [0.15, 0.2) is 0 Å². The lowest BCUT2D eigenvalue weighted by atomic mass is 10.2. The van der Waals surface area contributed by atoms with Crippen LogP contribution in [0.2, 0.25) is 0 Å². The molecule has 0 saturated carbocycles. The van der Waals surface area contributed by atoms with Crippen LogP contribution in [0.25, 0.3) is 0 Å². The molecule has 0 aliphatic carbocycles. The fourth-order valence-electron chi connectivity index (χ4n) is 1.55. The van der Waals surface area contributed by atoms with Crippen molar-refractivity contribution in [3.63, 3.8) is 0 Å². The van der Waals surface area contributed by atoms with Gasteiger partial charge in [-0.3, -0.25) is 10.2 Å². The van der Waals surface area contributed by atoms with E-state index in [1.165, 1.54) is 6.92 Å². The summed E-state index contributed by atoms with van der Waals surface area (Å²) in [5, 5.41) is 1.96. The standard InChI is InChI=1S/C8H16N2O2/c1-7(11)9-10-5-3-4-8(10)6-12-2/h8H,3-6H2,1-2H3,(H,9,11)/t8-/m0/s1. The highest BCUT2D eigenvalue weighted by Crippen LogP contribution is 2.14. The highest BCUT2D eigenvalue weighted by atomic mass is 16.5. The van der Waals surface area contributed by atoms with Gasteiger partial charge in [-0.15, -0.1) is 0 Å². The van der Waals surface area contributed by atoms with E-state index in [-0.39, 0.29) is 5.91 Å². The van der Waals surface area contributed by atoms with Crippen LogP contribution in [0, 0.1) is 0 Å². The van der Waals surface area contributed by atoms with Crippen LogP contribution >= 0.6 is 0 Å². The zero-order valence-corrected chi connectivity index (χ0v) is 7.67. The summed E-state index contributed by atoms with van der Waals surface area (Å²) in [6, 6.07) is 0.360. The van der Waals surface area contributed by atoms with Gasteiger partial charge < -0.3 is 4.74 Å². The zero-order chi connectivity index (χ0) is 8.97. The molecule has 0 aromatic rings. The monoisotopic (exact) mass is 172 g/mol. The van der Waals surface area contributed by atoms with Gasteiger partial charge in [0.05, 0.1) is 12.6 Å². The average molecular weight is 172 g/mol. The second kappa shape index (κ2) is 4.42. The largest absolute Gasteiger partial charge is 0.383 e. The summed E-state index contributed by atoms with van der Waals surface area (Å²) in [5.41, 5.74) is 2.79. The van der Waals surface area contributed by atoms with E-state index in [0.29, 0.717) is 12.6 Å². The first-order valence-electron chi connectivity index (χ1n) is 4.27. The Morgan fingerprint density at radius 2 is 2.50 bits per heavy atom. The van der Waals surface area contributed by atoms with E-state index >= 15 is 0 Å². The molecule has 1 heterocycles. The van der Waals surface area contributed by atoms with Crippen molar-refractivity contribution in [3.8, 4) is 0 Å². The Labute approximate surface area is 72.8 Å². The Balaban J connectivity index is 2.35. The zero-order valence-electron chi connectivity index (χ0n) is 7.67. The number of nitrogens with one attached hydrogen (secondary N) is 1. The van der Waals surface area contributed by atoms with Crippen molar-refractivity contribution in [1.82, 2.24) is 10.4 Å². The molecule has 1 saturated heterocycles. The van der Waals surface area contributed by atoms with Crippen molar-refractivity contribution in [3.05, 3.63) is 0 Å². The Hall–Kier alpha value is -0.610. The lowest BCUT2D eigenvalue weighted by Gasteiger charge is -2.23. The van der Waals surface area contributed by atoms with Crippen molar-refractivity contribution in [2.45, 2.75) is 25.8 Å². The molecule has 0 unspecified atom stereocenters. The molecule has 0 radical (unpaired) electrons. The maximum atomic E-state index is 10.8. The summed E-state index contributed by atoms with van der Waals surface area (Å²) < 4.78 is 5.04. The number of rotatable bonds is 3. The fraction of sp³-hybridized carbons (Fsp3) is 0.875. The molecule has 0 spiro atoms. The predicted octanol–water partition coefficient (Wildman–Crippen LogP) is 0.148. The molecule has 4 nitrogen and oxygen atoms in total. The number of carbonyl (C=O) groups excluding carboxylic acids is 1. The van der Waals surface area contributed by atoms with Gasteiger partial charge in [-0.2, -0.15) is 0 Å². The molecule has 1 rings (SSSR count). The van der Waals surface area contributed by atoms with E-state index in [1.54, 1.807) is 7.11 Å². The van der Waals surface area contributed by atoms with Crippen LogP contribution in [0.5, 0.6) is 0 Å². The van der Waals surface area contributed by atoms with Gasteiger partial charge in [0.1, 0.15) is 0 Å². The highest BCUT2D eigenvalue weighted by Gasteiger charge is 2.24. The molecular formula is C8H16N2O2.